The number of hydrogen-bond donors (Lipinski definition) is 3. The summed E-state index contributed by atoms with van der Waals surface area (Å²) in [4.78, 5) is 26.4. The second kappa shape index (κ2) is 6.31. The van der Waals surface area contributed by atoms with E-state index < -0.39 is 5.91 Å². The van der Waals surface area contributed by atoms with Gasteiger partial charge in [-0.2, -0.15) is 0 Å². The van der Waals surface area contributed by atoms with Crippen LogP contribution in [-0.2, 0) is 11.3 Å². The maximum atomic E-state index is 13.0. The number of nitrogens with one attached hydrogen (secondary N) is 2. The zero-order chi connectivity index (χ0) is 17.4. The van der Waals surface area contributed by atoms with Crippen molar-refractivity contribution < 1.29 is 19.5 Å². The van der Waals surface area contributed by atoms with E-state index in [2.05, 4.69) is 5.32 Å². The highest BCUT2D eigenvalue weighted by molar-refractivity contribution is 5.93. The molecule has 1 spiro atoms. The first-order chi connectivity index (χ1) is 12.1. The first-order valence-electron chi connectivity index (χ1n) is 8.83. The Morgan fingerprint density at radius 3 is 2.88 bits per heavy atom. The molecule has 4 rings (SSSR count). The standard InChI is InChI=1S/C18H23N3O4/c22-16(20-24)12-1-2-13-11-21(7-8-25-15(13)9-12)17(23)14-10-18(14)3-5-19-6-4-18/h1-2,9,14,19,24H,3-8,10-11H2,(H,20,22). The number of hydroxylamine groups is 1. The lowest BCUT2D eigenvalue weighted by Crippen LogP contribution is -2.37. The first kappa shape index (κ1) is 16.4. The fourth-order valence-electron chi connectivity index (χ4n) is 4.16. The van der Waals surface area contributed by atoms with Crippen LogP contribution < -0.4 is 15.5 Å². The topological polar surface area (TPSA) is 90.9 Å². The van der Waals surface area contributed by atoms with Crippen molar-refractivity contribution in [1.82, 2.24) is 15.7 Å². The molecule has 1 unspecified atom stereocenters. The summed E-state index contributed by atoms with van der Waals surface area (Å²) in [5.74, 6) is 0.407. The summed E-state index contributed by atoms with van der Waals surface area (Å²) in [6.07, 6.45) is 3.18. The highest BCUT2D eigenvalue weighted by Gasteiger charge is 2.58. The molecule has 0 aromatic heterocycles. The monoisotopic (exact) mass is 345 g/mol. The Kier molecular flexibility index (Phi) is 4.13. The van der Waals surface area contributed by atoms with Gasteiger partial charge in [0.15, 0.2) is 0 Å². The molecular weight excluding hydrogens is 322 g/mol. The Balaban J connectivity index is 1.48. The summed E-state index contributed by atoms with van der Waals surface area (Å²) >= 11 is 0. The van der Waals surface area contributed by atoms with E-state index in [0.717, 1.165) is 37.9 Å². The number of hydrogen-bond acceptors (Lipinski definition) is 5. The lowest BCUT2D eigenvalue weighted by Gasteiger charge is -2.26. The van der Waals surface area contributed by atoms with Gasteiger partial charge in [0.2, 0.25) is 5.91 Å². The Morgan fingerprint density at radius 1 is 1.32 bits per heavy atom. The minimum atomic E-state index is -0.575. The van der Waals surface area contributed by atoms with Crippen molar-refractivity contribution in [3.8, 4) is 5.75 Å². The predicted octanol–water partition coefficient (Wildman–Crippen LogP) is 0.916. The highest BCUT2D eigenvalue weighted by atomic mass is 16.5. The molecule has 1 aromatic rings. The number of piperidine rings is 1. The van der Waals surface area contributed by atoms with Gasteiger partial charge in [-0.15, -0.1) is 0 Å². The predicted molar refractivity (Wildman–Crippen MR) is 89.3 cm³/mol. The largest absolute Gasteiger partial charge is 0.491 e. The molecule has 2 aliphatic heterocycles. The third-order valence-electron chi connectivity index (χ3n) is 5.81. The number of amides is 2. The minimum Gasteiger partial charge on any atom is -0.491 e. The summed E-state index contributed by atoms with van der Waals surface area (Å²) in [6.45, 7) is 3.47. The van der Waals surface area contributed by atoms with Crippen LogP contribution in [0.1, 0.15) is 35.2 Å². The molecule has 0 bridgehead atoms. The Hall–Kier alpha value is -2.12. The molecular formula is C18H23N3O4. The molecule has 1 aromatic carbocycles. The Bertz CT molecular complexity index is 700. The van der Waals surface area contributed by atoms with E-state index in [0.29, 0.717) is 31.0 Å². The van der Waals surface area contributed by atoms with Crippen molar-refractivity contribution in [2.24, 2.45) is 11.3 Å². The Labute approximate surface area is 146 Å². The number of ether oxygens (including phenoxy) is 1. The van der Waals surface area contributed by atoms with Crippen molar-refractivity contribution >= 4 is 11.8 Å². The molecule has 3 aliphatic rings. The molecule has 1 saturated carbocycles. The van der Waals surface area contributed by atoms with Gasteiger partial charge in [-0.05, 0) is 49.9 Å². The van der Waals surface area contributed by atoms with Gasteiger partial charge in [0.05, 0.1) is 6.54 Å². The second-order valence-electron chi connectivity index (χ2n) is 7.24. The number of carbonyl (C=O) groups excluding carboxylic acids is 2. The SMILES string of the molecule is O=C(NO)c1ccc2c(c1)OCCN(C(=O)C1CC13CCNCC3)C2. The molecule has 7 nitrogen and oxygen atoms in total. The number of fused-ring (bicyclic) bond motifs is 1. The van der Waals surface area contributed by atoms with E-state index in [1.165, 1.54) is 0 Å². The van der Waals surface area contributed by atoms with Crippen LogP contribution in [0.2, 0.25) is 0 Å². The lowest BCUT2D eigenvalue weighted by atomic mass is 9.91. The van der Waals surface area contributed by atoms with Crippen LogP contribution >= 0.6 is 0 Å². The van der Waals surface area contributed by atoms with Crippen molar-refractivity contribution in [3.05, 3.63) is 29.3 Å². The van der Waals surface area contributed by atoms with Crippen molar-refractivity contribution in [2.45, 2.75) is 25.8 Å². The first-order valence-corrected chi connectivity index (χ1v) is 8.83. The summed E-state index contributed by atoms with van der Waals surface area (Å²) in [5.41, 5.74) is 3.07. The van der Waals surface area contributed by atoms with E-state index >= 15 is 0 Å². The number of carbonyl (C=O) groups is 2. The van der Waals surface area contributed by atoms with E-state index in [1.54, 1.807) is 23.7 Å². The molecule has 1 saturated heterocycles. The third-order valence-corrected chi connectivity index (χ3v) is 5.81. The van der Waals surface area contributed by atoms with Gasteiger partial charge < -0.3 is 15.0 Å². The van der Waals surface area contributed by atoms with E-state index in [-0.39, 0.29) is 17.2 Å². The zero-order valence-corrected chi connectivity index (χ0v) is 14.1. The van der Waals surface area contributed by atoms with Crippen LogP contribution in [-0.4, -0.2) is 48.2 Å². The summed E-state index contributed by atoms with van der Waals surface area (Å²) in [6, 6.07) is 5.03. The van der Waals surface area contributed by atoms with E-state index in [9.17, 15) is 9.59 Å². The quantitative estimate of drug-likeness (QED) is 0.548. The molecule has 2 fully saturated rings. The average Bonchev–Trinajstić information content (AvgIpc) is 3.38. The van der Waals surface area contributed by atoms with E-state index in [1.807, 2.05) is 4.90 Å². The van der Waals surface area contributed by atoms with Gasteiger partial charge in [0.25, 0.3) is 5.91 Å². The molecule has 7 heteroatoms. The average molecular weight is 345 g/mol. The van der Waals surface area contributed by atoms with Gasteiger partial charge in [-0.1, -0.05) is 6.07 Å². The van der Waals surface area contributed by atoms with Gasteiger partial charge in [-0.3, -0.25) is 14.8 Å². The lowest BCUT2D eigenvalue weighted by molar-refractivity contribution is -0.134. The van der Waals surface area contributed by atoms with Crippen LogP contribution in [0.4, 0.5) is 0 Å². The van der Waals surface area contributed by atoms with Gasteiger partial charge >= 0.3 is 0 Å². The Morgan fingerprint density at radius 2 is 2.12 bits per heavy atom. The summed E-state index contributed by atoms with van der Waals surface area (Å²) in [5, 5.41) is 12.1. The van der Waals surface area contributed by atoms with Gasteiger partial charge in [0.1, 0.15) is 12.4 Å². The maximum absolute atomic E-state index is 13.0. The smallest absolute Gasteiger partial charge is 0.274 e. The van der Waals surface area contributed by atoms with Crippen LogP contribution in [0.3, 0.4) is 0 Å². The maximum Gasteiger partial charge on any atom is 0.274 e. The molecule has 3 N–H and O–H groups in total. The molecule has 0 radical (unpaired) electrons. The fraction of sp³-hybridized carbons (Fsp3) is 0.556. The molecule has 25 heavy (non-hydrogen) atoms. The van der Waals surface area contributed by atoms with Crippen LogP contribution in [0.5, 0.6) is 5.75 Å². The molecule has 134 valence electrons. The number of benzene rings is 1. The fourth-order valence-corrected chi connectivity index (χ4v) is 4.16. The summed E-state index contributed by atoms with van der Waals surface area (Å²) < 4.78 is 5.74. The third kappa shape index (κ3) is 2.98. The molecule has 2 amide bonds. The second-order valence-corrected chi connectivity index (χ2v) is 7.24. The number of nitrogens with zero attached hydrogens (tertiary/aromatic N) is 1. The van der Waals surface area contributed by atoms with Crippen molar-refractivity contribution in [3.63, 3.8) is 0 Å². The van der Waals surface area contributed by atoms with Crippen LogP contribution in [0, 0.1) is 11.3 Å². The van der Waals surface area contributed by atoms with E-state index in [4.69, 9.17) is 9.94 Å². The van der Waals surface area contributed by atoms with Crippen molar-refractivity contribution in [1.29, 1.82) is 0 Å². The normalized spacial score (nSPS) is 24.0. The van der Waals surface area contributed by atoms with Gasteiger partial charge in [0, 0.05) is 23.6 Å². The van der Waals surface area contributed by atoms with Crippen molar-refractivity contribution in [2.75, 3.05) is 26.2 Å². The highest BCUT2D eigenvalue weighted by Crippen LogP contribution is 2.59. The minimum absolute atomic E-state index is 0.149. The number of rotatable bonds is 2. The van der Waals surface area contributed by atoms with Crippen LogP contribution in [0.15, 0.2) is 18.2 Å². The zero-order valence-electron chi connectivity index (χ0n) is 14.1. The molecule has 2 heterocycles. The summed E-state index contributed by atoms with van der Waals surface area (Å²) in [7, 11) is 0. The molecule has 1 aliphatic carbocycles. The van der Waals surface area contributed by atoms with Gasteiger partial charge in [-0.25, -0.2) is 5.48 Å². The van der Waals surface area contributed by atoms with Crippen LogP contribution in [0.25, 0.3) is 0 Å². The molecule has 1 atom stereocenters.